The van der Waals surface area contributed by atoms with Crippen LogP contribution in [-0.2, 0) is 11.2 Å². The summed E-state index contributed by atoms with van der Waals surface area (Å²) in [6.45, 7) is 0. The predicted molar refractivity (Wildman–Crippen MR) is 114 cm³/mol. The minimum Gasteiger partial charge on any atom is -0.465 e. The van der Waals surface area contributed by atoms with Gasteiger partial charge in [0.1, 0.15) is 5.82 Å². The van der Waals surface area contributed by atoms with Gasteiger partial charge in [-0.1, -0.05) is 12.1 Å². The molecule has 1 amide bonds. The van der Waals surface area contributed by atoms with Gasteiger partial charge >= 0.3 is 5.97 Å². The molecule has 0 bridgehead atoms. The molecule has 0 heterocycles. The lowest BCUT2D eigenvalue weighted by Crippen LogP contribution is -2.26. The summed E-state index contributed by atoms with van der Waals surface area (Å²) in [5.74, 6) is 4.64. The molecule has 0 atom stereocenters. The first-order valence-electron chi connectivity index (χ1n) is 9.23. The fraction of sp³-hybridized carbons (Fsp3) is 0.130. The van der Waals surface area contributed by atoms with Crippen LogP contribution in [0.5, 0.6) is 0 Å². The number of carbonyl (C=O) groups is 2. The van der Waals surface area contributed by atoms with Crippen LogP contribution in [-0.4, -0.2) is 26.0 Å². The molecule has 3 N–H and O–H groups in total. The fourth-order valence-corrected chi connectivity index (χ4v) is 3.08. The van der Waals surface area contributed by atoms with E-state index < -0.39 is 5.97 Å². The first kappa shape index (κ1) is 21.0. The van der Waals surface area contributed by atoms with Crippen LogP contribution in [0, 0.1) is 5.82 Å². The number of ether oxygens (including phenoxy) is 1. The number of nitrogen functional groups attached to an aromatic ring is 1. The van der Waals surface area contributed by atoms with Gasteiger partial charge in [0.2, 0.25) is 0 Å². The van der Waals surface area contributed by atoms with Crippen molar-refractivity contribution in [2.75, 3.05) is 24.5 Å². The molecule has 0 fully saturated rings. The highest BCUT2D eigenvalue weighted by Gasteiger charge is 2.16. The topological polar surface area (TPSA) is 84.7 Å². The lowest BCUT2D eigenvalue weighted by atomic mass is 10.0. The van der Waals surface area contributed by atoms with Crippen LogP contribution < -0.4 is 16.2 Å². The number of hydrogen-bond acceptors (Lipinski definition) is 5. The first-order chi connectivity index (χ1) is 14.4. The highest BCUT2D eigenvalue weighted by atomic mass is 19.1. The second-order valence-electron chi connectivity index (χ2n) is 6.72. The van der Waals surface area contributed by atoms with Crippen LogP contribution in [0.1, 0.15) is 31.8 Å². The van der Waals surface area contributed by atoms with Gasteiger partial charge in [0, 0.05) is 18.3 Å². The van der Waals surface area contributed by atoms with Crippen molar-refractivity contribution >= 4 is 23.3 Å². The van der Waals surface area contributed by atoms with Crippen LogP contribution in [0.15, 0.2) is 66.7 Å². The quantitative estimate of drug-likeness (QED) is 0.369. The Bertz CT molecular complexity index is 1050. The molecule has 30 heavy (non-hydrogen) atoms. The summed E-state index contributed by atoms with van der Waals surface area (Å²) in [7, 11) is 2.97. The van der Waals surface area contributed by atoms with E-state index in [-0.39, 0.29) is 11.7 Å². The average molecular weight is 407 g/mol. The molecule has 0 aliphatic heterocycles. The molecule has 3 aromatic carbocycles. The molecular formula is C23H22FN3O3. The van der Waals surface area contributed by atoms with Crippen molar-refractivity contribution in [2.45, 2.75) is 6.42 Å². The number of hydrazine groups is 1. The van der Waals surface area contributed by atoms with Gasteiger partial charge in [-0.25, -0.2) is 9.18 Å². The number of carbonyl (C=O) groups excluding carboxylic acids is 2. The van der Waals surface area contributed by atoms with Gasteiger partial charge < -0.3 is 15.1 Å². The molecule has 7 heteroatoms. The maximum absolute atomic E-state index is 13.2. The Kier molecular flexibility index (Phi) is 6.44. The SMILES string of the molecule is COC(=O)c1ccc(C(=O)N(C)c2ccc(NN)c(Cc3ccc(F)cc3)c2)cc1. The molecule has 154 valence electrons. The zero-order valence-electron chi connectivity index (χ0n) is 16.7. The average Bonchev–Trinajstić information content (AvgIpc) is 2.79. The molecule has 0 aliphatic rings. The Morgan fingerprint density at radius 3 is 2.23 bits per heavy atom. The van der Waals surface area contributed by atoms with Crippen molar-refractivity contribution < 1.29 is 18.7 Å². The van der Waals surface area contributed by atoms with Crippen LogP contribution >= 0.6 is 0 Å². The third-order valence-electron chi connectivity index (χ3n) is 4.80. The van der Waals surface area contributed by atoms with E-state index >= 15 is 0 Å². The number of nitrogens with one attached hydrogen (secondary N) is 1. The summed E-state index contributed by atoms with van der Waals surface area (Å²) in [5, 5.41) is 0. The molecule has 0 radical (unpaired) electrons. The number of anilines is 2. The zero-order chi connectivity index (χ0) is 21.7. The number of methoxy groups -OCH3 is 1. The fourth-order valence-electron chi connectivity index (χ4n) is 3.08. The van der Waals surface area contributed by atoms with Crippen molar-refractivity contribution in [1.82, 2.24) is 0 Å². The molecule has 3 rings (SSSR count). The summed E-state index contributed by atoms with van der Waals surface area (Å²) in [6.07, 6.45) is 0.517. The minimum absolute atomic E-state index is 0.229. The number of nitrogens with zero attached hydrogens (tertiary/aromatic N) is 1. The Labute approximate surface area is 174 Å². The Morgan fingerprint density at radius 1 is 1.00 bits per heavy atom. The van der Waals surface area contributed by atoms with E-state index in [1.807, 2.05) is 6.07 Å². The lowest BCUT2D eigenvalue weighted by Gasteiger charge is -2.20. The van der Waals surface area contributed by atoms with E-state index in [0.717, 1.165) is 11.1 Å². The molecule has 0 spiro atoms. The van der Waals surface area contributed by atoms with E-state index in [1.165, 1.54) is 24.1 Å². The second-order valence-corrected chi connectivity index (χ2v) is 6.72. The molecule has 0 saturated heterocycles. The lowest BCUT2D eigenvalue weighted by molar-refractivity contribution is 0.0600. The molecule has 3 aromatic rings. The van der Waals surface area contributed by atoms with Crippen molar-refractivity contribution in [3.05, 3.63) is 94.8 Å². The highest BCUT2D eigenvalue weighted by Crippen LogP contribution is 2.26. The number of benzene rings is 3. The van der Waals surface area contributed by atoms with E-state index in [4.69, 9.17) is 5.84 Å². The van der Waals surface area contributed by atoms with E-state index in [9.17, 15) is 14.0 Å². The van der Waals surface area contributed by atoms with Crippen molar-refractivity contribution in [3.8, 4) is 0 Å². The summed E-state index contributed by atoms with van der Waals surface area (Å²) < 4.78 is 17.9. The van der Waals surface area contributed by atoms with E-state index in [1.54, 1.807) is 55.6 Å². The van der Waals surface area contributed by atoms with Crippen molar-refractivity contribution in [1.29, 1.82) is 0 Å². The molecule has 0 saturated carbocycles. The maximum Gasteiger partial charge on any atom is 0.337 e. The van der Waals surface area contributed by atoms with Gasteiger partial charge in [0.25, 0.3) is 5.91 Å². The van der Waals surface area contributed by atoms with E-state index in [2.05, 4.69) is 10.2 Å². The predicted octanol–water partition coefficient (Wildman–Crippen LogP) is 3.77. The number of nitrogens with two attached hydrogens (primary N) is 1. The number of hydrogen-bond donors (Lipinski definition) is 2. The molecular weight excluding hydrogens is 385 g/mol. The summed E-state index contributed by atoms with van der Waals surface area (Å²) in [4.78, 5) is 26.0. The Hall–Kier alpha value is -3.71. The molecule has 0 aliphatic carbocycles. The summed E-state index contributed by atoms with van der Waals surface area (Å²) in [6, 6.07) is 17.9. The van der Waals surface area contributed by atoms with Gasteiger partial charge in [-0.2, -0.15) is 0 Å². The van der Waals surface area contributed by atoms with Crippen LogP contribution in [0.2, 0.25) is 0 Å². The van der Waals surface area contributed by atoms with Crippen molar-refractivity contribution in [3.63, 3.8) is 0 Å². The molecule has 0 unspecified atom stereocenters. The monoisotopic (exact) mass is 407 g/mol. The van der Waals surface area contributed by atoms with Gasteiger partial charge in [0.05, 0.1) is 18.4 Å². The number of halogens is 1. The van der Waals surface area contributed by atoms with Crippen LogP contribution in [0.4, 0.5) is 15.8 Å². The molecule has 6 nitrogen and oxygen atoms in total. The van der Waals surface area contributed by atoms with Gasteiger partial charge in [-0.3, -0.25) is 10.6 Å². The molecule has 0 aromatic heterocycles. The van der Waals surface area contributed by atoms with Gasteiger partial charge in [0.15, 0.2) is 0 Å². The summed E-state index contributed by atoms with van der Waals surface area (Å²) in [5.41, 5.74) is 6.63. The standard InChI is InChI=1S/C23H22FN3O3/c1-27(22(28)16-5-7-17(8-6-16)23(29)30-2)20-11-12-21(26-25)18(14-20)13-15-3-9-19(24)10-4-15/h3-12,14,26H,13,25H2,1-2H3. The Morgan fingerprint density at radius 2 is 1.63 bits per heavy atom. The third kappa shape index (κ3) is 4.64. The van der Waals surface area contributed by atoms with E-state index in [0.29, 0.717) is 28.9 Å². The normalized spacial score (nSPS) is 10.4. The smallest absolute Gasteiger partial charge is 0.337 e. The van der Waals surface area contributed by atoms with Gasteiger partial charge in [-0.05, 0) is 72.1 Å². The first-order valence-corrected chi connectivity index (χ1v) is 9.23. The number of esters is 1. The largest absolute Gasteiger partial charge is 0.465 e. The van der Waals surface area contributed by atoms with Crippen molar-refractivity contribution in [2.24, 2.45) is 5.84 Å². The second kappa shape index (κ2) is 9.19. The van der Waals surface area contributed by atoms with Crippen LogP contribution in [0.3, 0.4) is 0 Å². The number of amides is 1. The zero-order valence-corrected chi connectivity index (χ0v) is 16.7. The third-order valence-corrected chi connectivity index (χ3v) is 4.80. The van der Waals surface area contributed by atoms with Crippen LogP contribution in [0.25, 0.3) is 0 Å². The summed E-state index contributed by atoms with van der Waals surface area (Å²) >= 11 is 0. The highest BCUT2D eigenvalue weighted by molar-refractivity contribution is 6.06. The maximum atomic E-state index is 13.2. The minimum atomic E-state index is -0.460. The number of rotatable bonds is 6. The van der Waals surface area contributed by atoms with Gasteiger partial charge in [-0.15, -0.1) is 0 Å². The Balaban J connectivity index is 1.84.